The maximum atomic E-state index is 12.3. The molecule has 0 aliphatic heterocycles. The van der Waals surface area contributed by atoms with Crippen molar-refractivity contribution in [3.05, 3.63) is 59.7 Å². The van der Waals surface area contributed by atoms with Crippen LogP contribution in [0.15, 0.2) is 48.5 Å². The largest absolute Gasteiger partial charge is 0.444 e. The molecular weight excluding hydrogens is 318 g/mol. The van der Waals surface area contributed by atoms with E-state index >= 15 is 0 Å². The van der Waals surface area contributed by atoms with E-state index in [4.69, 9.17) is 10.00 Å². The van der Waals surface area contributed by atoms with Crippen LogP contribution in [0.25, 0.3) is 0 Å². The molecule has 2 amide bonds. The van der Waals surface area contributed by atoms with Crippen LogP contribution in [0.4, 0.5) is 16.2 Å². The van der Waals surface area contributed by atoms with Crippen LogP contribution >= 0.6 is 0 Å². The number of nitrogens with zero attached hydrogens (tertiary/aromatic N) is 1. The van der Waals surface area contributed by atoms with Gasteiger partial charge in [-0.25, -0.2) is 4.79 Å². The smallest absolute Gasteiger partial charge is 0.412 e. The normalized spacial score (nSPS) is 10.5. The monoisotopic (exact) mass is 337 g/mol. The Balaban J connectivity index is 2.13. The van der Waals surface area contributed by atoms with Gasteiger partial charge in [-0.2, -0.15) is 5.26 Å². The van der Waals surface area contributed by atoms with E-state index in [1.165, 1.54) is 0 Å². The van der Waals surface area contributed by atoms with Gasteiger partial charge in [0.05, 0.1) is 23.0 Å². The number of rotatable bonds is 3. The molecule has 0 aromatic heterocycles. The van der Waals surface area contributed by atoms with Crippen LogP contribution in [0, 0.1) is 11.3 Å². The number of ether oxygens (including phenoxy) is 1. The molecule has 6 heteroatoms. The molecule has 0 heterocycles. The van der Waals surface area contributed by atoms with Gasteiger partial charge in [0, 0.05) is 5.56 Å². The molecular formula is C19H19N3O3. The van der Waals surface area contributed by atoms with Gasteiger partial charge >= 0.3 is 6.09 Å². The predicted molar refractivity (Wildman–Crippen MR) is 95.4 cm³/mol. The van der Waals surface area contributed by atoms with E-state index in [9.17, 15) is 9.59 Å². The lowest BCUT2D eigenvalue weighted by Crippen LogP contribution is -2.27. The number of hydrogen-bond acceptors (Lipinski definition) is 4. The van der Waals surface area contributed by atoms with Crippen LogP contribution in [0.2, 0.25) is 0 Å². The highest BCUT2D eigenvalue weighted by Crippen LogP contribution is 2.22. The number of benzene rings is 2. The number of nitriles is 1. The molecule has 0 aliphatic rings. The first kappa shape index (κ1) is 18.0. The highest BCUT2D eigenvalue weighted by Gasteiger charge is 2.17. The molecule has 128 valence electrons. The van der Waals surface area contributed by atoms with Crippen molar-refractivity contribution in [3.8, 4) is 6.07 Å². The van der Waals surface area contributed by atoms with Gasteiger partial charge in [-0.3, -0.25) is 10.1 Å². The summed E-state index contributed by atoms with van der Waals surface area (Å²) in [6, 6.07) is 15.1. The van der Waals surface area contributed by atoms with Crippen molar-refractivity contribution in [3.63, 3.8) is 0 Å². The van der Waals surface area contributed by atoms with Crippen molar-refractivity contribution >= 4 is 23.4 Å². The van der Waals surface area contributed by atoms with Gasteiger partial charge in [0.15, 0.2) is 0 Å². The Kier molecular flexibility index (Phi) is 5.40. The third-order valence-electron chi connectivity index (χ3n) is 3.09. The zero-order valence-corrected chi connectivity index (χ0v) is 14.3. The molecule has 0 saturated heterocycles. The fraction of sp³-hybridized carbons (Fsp3) is 0.211. The van der Waals surface area contributed by atoms with E-state index in [2.05, 4.69) is 10.6 Å². The molecule has 0 atom stereocenters. The Morgan fingerprint density at radius 1 is 0.960 bits per heavy atom. The Bertz CT molecular complexity index is 815. The van der Waals surface area contributed by atoms with Crippen molar-refractivity contribution < 1.29 is 14.3 Å². The fourth-order valence-electron chi connectivity index (χ4n) is 2.01. The molecule has 2 aromatic rings. The van der Waals surface area contributed by atoms with Crippen LogP contribution in [0.1, 0.15) is 36.7 Å². The summed E-state index contributed by atoms with van der Waals surface area (Å²) >= 11 is 0. The van der Waals surface area contributed by atoms with Crippen molar-refractivity contribution in [2.24, 2.45) is 0 Å². The third kappa shape index (κ3) is 5.36. The molecule has 0 fully saturated rings. The lowest BCUT2D eigenvalue weighted by Gasteiger charge is -2.20. The maximum Gasteiger partial charge on any atom is 0.412 e. The van der Waals surface area contributed by atoms with E-state index in [0.29, 0.717) is 22.5 Å². The second-order valence-electron chi connectivity index (χ2n) is 6.32. The van der Waals surface area contributed by atoms with Gasteiger partial charge in [-0.15, -0.1) is 0 Å². The molecule has 2 N–H and O–H groups in total. The lowest BCUT2D eigenvalue weighted by atomic mass is 10.1. The van der Waals surface area contributed by atoms with E-state index in [1.54, 1.807) is 69.3 Å². The van der Waals surface area contributed by atoms with Gasteiger partial charge in [0.1, 0.15) is 5.60 Å². The van der Waals surface area contributed by atoms with Crippen molar-refractivity contribution in [1.29, 1.82) is 5.26 Å². The van der Waals surface area contributed by atoms with Crippen molar-refractivity contribution in [2.45, 2.75) is 26.4 Å². The molecule has 6 nitrogen and oxygen atoms in total. The first-order chi connectivity index (χ1) is 11.8. The first-order valence-corrected chi connectivity index (χ1v) is 7.69. The molecule has 25 heavy (non-hydrogen) atoms. The van der Waals surface area contributed by atoms with Crippen molar-refractivity contribution in [2.75, 3.05) is 10.6 Å². The summed E-state index contributed by atoms with van der Waals surface area (Å²) in [5.74, 6) is -0.345. The highest BCUT2D eigenvalue weighted by molar-refractivity contribution is 6.06. The zero-order valence-electron chi connectivity index (χ0n) is 14.3. The van der Waals surface area contributed by atoms with Gasteiger partial charge in [0.25, 0.3) is 5.91 Å². The Labute approximate surface area is 146 Å². The fourth-order valence-corrected chi connectivity index (χ4v) is 2.01. The van der Waals surface area contributed by atoms with Gasteiger partial charge < -0.3 is 10.1 Å². The van der Waals surface area contributed by atoms with Crippen molar-refractivity contribution in [1.82, 2.24) is 0 Å². The number of amides is 2. The molecule has 2 aromatic carbocycles. The molecule has 2 rings (SSSR count). The summed E-state index contributed by atoms with van der Waals surface area (Å²) in [6.07, 6.45) is -0.604. The van der Waals surface area contributed by atoms with Crippen LogP contribution in [-0.2, 0) is 4.74 Å². The molecule has 0 aliphatic carbocycles. The van der Waals surface area contributed by atoms with E-state index in [-0.39, 0.29) is 5.91 Å². The molecule has 0 spiro atoms. The second kappa shape index (κ2) is 7.49. The summed E-state index contributed by atoms with van der Waals surface area (Å²) < 4.78 is 5.22. The molecule has 0 saturated carbocycles. The van der Waals surface area contributed by atoms with Crippen LogP contribution < -0.4 is 10.6 Å². The van der Waals surface area contributed by atoms with E-state index < -0.39 is 11.7 Å². The number of hydrogen-bond donors (Lipinski definition) is 2. The Hall–Kier alpha value is -3.33. The highest BCUT2D eigenvalue weighted by atomic mass is 16.6. The second-order valence-corrected chi connectivity index (χ2v) is 6.32. The van der Waals surface area contributed by atoms with E-state index in [0.717, 1.165) is 0 Å². The molecule has 0 bridgehead atoms. The van der Waals surface area contributed by atoms with Gasteiger partial charge in [-0.05, 0) is 57.2 Å². The average Bonchev–Trinajstić information content (AvgIpc) is 2.55. The Morgan fingerprint density at radius 2 is 1.52 bits per heavy atom. The van der Waals surface area contributed by atoms with Gasteiger partial charge in [0.2, 0.25) is 0 Å². The third-order valence-corrected chi connectivity index (χ3v) is 3.09. The zero-order chi connectivity index (χ0) is 18.4. The Morgan fingerprint density at radius 3 is 2.04 bits per heavy atom. The summed E-state index contributed by atoms with van der Waals surface area (Å²) in [5, 5.41) is 14.2. The number of carbonyl (C=O) groups is 2. The quantitative estimate of drug-likeness (QED) is 0.880. The number of carbonyl (C=O) groups excluding carboxylic acids is 2. The van der Waals surface area contributed by atoms with Crippen LogP contribution in [0.3, 0.4) is 0 Å². The SMILES string of the molecule is CC(C)(C)OC(=O)Nc1ccccc1NC(=O)c1ccc(C#N)cc1. The predicted octanol–water partition coefficient (Wildman–Crippen LogP) is 4.16. The minimum atomic E-state index is -0.620. The summed E-state index contributed by atoms with van der Waals surface area (Å²) in [6.45, 7) is 5.31. The van der Waals surface area contributed by atoms with E-state index in [1.807, 2.05) is 6.07 Å². The molecule has 0 radical (unpaired) electrons. The minimum absolute atomic E-state index is 0.345. The standard InChI is InChI=1S/C19H19N3O3/c1-19(2,3)25-18(24)22-16-7-5-4-6-15(16)21-17(23)14-10-8-13(12-20)9-11-14/h4-11H,1-3H3,(H,21,23)(H,22,24). The lowest BCUT2D eigenvalue weighted by molar-refractivity contribution is 0.0635. The number of anilines is 2. The summed E-state index contributed by atoms with van der Waals surface area (Å²) in [4.78, 5) is 24.3. The number of nitrogens with one attached hydrogen (secondary N) is 2. The van der Waals surface area contributed by atoms with Gasteiger partial charge in [-0.1, -0.05) is 12.1 Å². The first-order valence-electron chi connectivity index (χ1n) is 7.69. The molecule has 0 unspecified atom stereocenters. The number of para-hydroxylation sites is 2. The summed E-state index contributed by atoms with van der Waals surface area (Å²) in [5.41, 5.74) is 1.14. The topological polar surface area (TPSA) is 91.2 Å². The van der Waals surface area contributed by atoms with Crippen LogP contribution in [-0.4, -0.2) is 17.6 Å². The summed E-state index contributed by atoms with van der Waals surface area (Å²) in [7, 11) is 0. The minimum Gasteiger partial charge on any atom is -0.444 e. The maximum absolute atomic E-state index is 12.3. The average molecular weight is 337 g/mol. The van der Waals surface area contributed by atoms with Crippen LogP contribution in [0.5, 0.6) is 0 Å².